The highest BCUT2D eigenvalue weighted by atomic mass is 32.1. The Bertz CT molecular complexity index is 795. The van der Waals surface area contributed by atoms with Crippen LogP contribution in [0.4, 0.5) is 0 Å². The summed E-state index contributed by atoms with van der Waals surface area (Å²) >= 11 is 1.64. The average molecular weight is 343 g/mol. The summed E-state index contributed by atoms with van der Waals surface area (Å²) in [7, 11) is 0. The van der Waals surface area contributed by atoms with E-state index in [2.05, 4.69) is 15.1 Å². The van der Waals surface area contributed by atoms with Crippen LogP contribution in [0.3, 0.4) is 0 Å². The lowest BCUT2D eigenvalue weighted by atomic mass is 10.2. The summed E-state index contributed by atoms with van der Waals surface area (Å²) in [5.41, 5.74) is 2.50. The SMILES string of the molecule is CCN(CC)C(O)c1cnn(-c2nccc(-c3cccs3)n2)c1C. The summed E-state index contributed by atoms with van der Waals surface area (Å²) in [5, 5.41) is 17.0. The van der Waals surface area contributed by atoms with Gasteiger partial charge in [0, 0.05) is 11.8 Å². The monoisotopic (exact) mass is 343 g/mol. The first-order chi connectivity index (χ1) is 11.7. The van der Waals surface area contributed by atoms with Crippen molar-refractivity contribution in [1.82, 2.24) is 24.6 Å². The molecule has 0 saturated heterocycles. The first-order valence-electron chi connectivity index (χ1n) is 7.99. The van der Waals surface area contributed by atoms with Crippen LogP contribution in [-0.2, 0) is 0 Å². The van der Waals surface area contributed by atoms with Crippen LogP contribution in [0, 0.1) is 6.92 Å². The van der Waals surface area contributed by atoms with Gasteiger partial charge in [-0.1, -0.05) is 19.9 Å². The molecule has 0 spiro atoms. The van der Waals surface area contributed by atoms with Gasteiger partial charge in [0.15, 0.2) is 0 Å². The zero-order valence-electron chi connectivity index (χ0n) is 14.0. The van der Waals surface area contributed by atoms with Gasteiger partial charge in [-0.2, -0.15) is 5.10 Å². The predicted molar refractivity (Wildman–Crippen MR) is 95.1 cm³/mol. The van der Waals surface area contributed by atoms with Crippen molar-refractivity contribution in [2.24, 2.45) is 0 Å². The first-order valence-corrected chi connectivity index (χ1v) is 8.87. The van der Waals surface area contributed by atoms with Crippen LogP contribution in [0.5, 0.6) is 0 Å². The lowest BCUT2D eigenvalue weighted by Gasteiger charge is -2.24. The van der Waals surface area contributed by atoms with Crippen molar-refractivity contribution in [2.45, 2.75) is 27.0 Å². The molecule has 0 saturated carbocycles. The topological polar surface area (TPSA) is 67.1 Å². The molecule has 0 bridgehead atoms. The molecule has 7 heteroatoms. The van der Waals surface area contributed by atoms with Gasteiger partial charge >= 0.3 is 0 Å². The van der Waals surface area contributed by atoms with E-state index in [1.807, 2.05) is 49.3 Å². The summed E-state index contributed by atoms with van der Waals surface area (Å²) in [4.78, 5) is 12.0. The Morgan fingerprint density at radius 2 is 2.08 bits per heavy atom. The summed E-state index contributed by atoms with van der Waals surface area (Å²) < 4.78 is 1.68. The normalized spacial score (nSPS) is 12.7. The largest absolute Gasteiger partial charge is 0.374 e. The number of hydrogen-bond acceptors (Lipinski definition) is 6. The van der Waals surface area contributed by atoms with E-state index in [9.17, 15) is 5.11 Å². The standard InChI is InChI=1S/C17H21N5OS/c1-4-21(5-2)16(23)13-11-19-22(12(13)3)17-18-9-8-14(20-17)15-7-6-10-24-15/h6-11,16,23H,4-5H2,1-3H3. The minimum absolute atomic E-state index is 0.511. The third kappa shape index (κ3) is 3.10. The maximum absolute atomic E-state index is 10.6. The van der Waals surface area contributed by atoms with Crippen LogP contribution < -0.4 is 0 Å². The molecule has 3 aromatic heterocycles. The second-order valence-corrected chi connectivity index (χ2v) is 6.36. The second-order valence-electron chi connectivity index (χ2n) is 5.41. The van der Waals surface area contributed by atoms with E-state index in [-0.39, 0.29) is 0 Å². The Morgan fingerprint density at radius 1 is 1.29 bits per heavy atom. The van der Waals surface area contributed by atoms with E-state index in [4.69, 9.17) is 0 Å². The molecule has 0 aliphatic carbocycles. The molecule has 0 radical (unpaired) electrons. The molecule has 126 valence electrons. The van der Waals surface area contributed by atoms with Crippen molar-refractivity contribution in [1.29, 1.82) is 0 Å². The fourth-order valence-corrected chi connectivity index (χ4v) is 3.35. The van der Waals surface area contributed by atoms with E-state index in [1.165, 1.54) is 0 Å². The van der Waals surface area contributed by atoms with E-state index >= 15 is 0 Å². The van der Waals surface area contributed by atoms with Gasteiger partial charge < -0.3 is 5.11 Å². The minimum atomic E-state index is -0.672. The van der Waals surface area contributed by atoms with Gasteiger partial charge in [0.25, 0.3) is 5.95 Å². The Kier molecular flexibility index (Phi) is 5.03. The number of aliphatic hydroxyl groups excluding tert-OH is 1. The molecule has 24 heavy (non-hydrogen) atoms. The van der Waals surface area contributed by atoms with Crippen LogP contribution in [0.1, 0.15) is 31.3 Å². The molecule has 6 nitrogen and oxygen atoms in total. The van der Waals surface area contributed by atoms with Crippen molar-refractivity contribution < 1.29 is 5.11 Å². The third-order valence-electron chi connectivity index (χ3n) is 4.09. The minimum Gasteiger partial charge on any atom is -0.374 e. The molecule has 1 N–H and O–H groups in total. The first kappa shape index (κ1) is 16.8. The van der Waals surface area contributed by atoms with Gasteiger partial charge in [-0.05, 0) is 37.5 Å². The molecule has 3 aromatic rings. The van der Waals surface area contributed by atoms with Crippen LogP contribution >= 0.6 is 11.3 Å². The maximum atomic E-state index is 10.6. The van der Waals surface area contributed by atoms with E-state index < -0.39 is 6.23 Å². The quantitative estimate of drug-likeness (QED) is 0.697. The highest BCUT2D eigenvalue weighted by molar-refractivity contribution is 7.13. The Labute approximate surface area is 145 Å². The van der Waals surface area contributed by atoms with E-state index in [0.29, 0.717) is 5.95 Å². The molecule has 0 aliphatic rings. The van der Waals surface area contributed by atoms with Gasteiger partial charge in [-0.3, -0.25) is 4.90 Å². The number of hydrogen-bond donors (Lipinski definition) is 1. The Balaban J connectivity index is 1.95. The molecular weight excluding hydrogens is 322 g/mol. The Hall–Kier alpha value is -2.09. The highest BCUT2D eigenvalue weighted by Crippen LogP contribution is 2.25. The number of aromatic nitrogens is 4. The van der Waals surface area contributed by atoms with E-state index in [0.717, 1.165) is 34.9 Å². The highest BCUT2D eigenvalue weighted by Gasteiger charge is 2.21. The van der Waals surface area contributed by atoms with Crippen molar-refractivity contribution >= 4 is 11.3 Å². The van der Waals surface area contributed by atoms with Gasteiger partial charge in [0.2, 0.25) is 0 Å². The predicted octanol–water partition coefficient (Wildman–Crippen LogP) is 3.03. The lowest BCUT2D eigenvalue weighted by Crippen LogP contribution is -2.28. The smallest absolute Gasteiger partial charge is 0.251 e. The molecule has 1 atom stereocenters. The van der Waals surface area contributed by atoms with E-state index in [1.54, 1.807) is 28.4 Å². The Morgan fingerprint density at radius 3 is 2.75 bits per heavy atom. The van der Waals surface area contributed by atoms with Crippen LogP contribution in [0.2, 0.25) is 0 Å². The van der Waals surface area contributed by atoms with Crippen LogP contribution in [0.15, 0.2) is 36.0 Å². The lowest BCUT2D eigenvalue weighted by molar-refractivity contribution is 0.00852. The van der Waals surface area contributed by atoms with Crippen molar-refractivity contribution in [3.63, 3.8) is 0 Å². The zero-order valence-corrected chi connectivity index (χ0v) is 14.9. The van der Waals surface area contributed by atoms with Gasteiger partial charge in [-0.25, -0.2) is 14.6 Å². The average Bonchev–Trinajstić information content (AvgIpc) is 3.26. The maximum Gasteiger partial charge on any atom is 0.251 e. The molecule has 0 fully saturated rings. The zero-order chi connectivity index (χ0) is 17.1. The summed E-state index contributed by atoms with van der Waals surface area (Å²) in [6.45, 7) is 7.52. The third-order valence-corrected chi connectivity index (χ3v) is 4.98. The molecule has 1 unspecified atom stereocenters. The molecule has 0 amide bonds. The molecular formula is C17H21N5OS. The molecule has 0 aliphatic heterocycles. The van der Waals surface area contributed by atoms with Gasteiger partial charge in [0.1, 0.15) is 6.23 Å². The summed E-state index contributed by atoms with van der Waals surface area (Å²) in [5.74, 6) is 0.511. The second kappa shape index (κ2) is 7.21. The van der Waals surface area contributed by atoms with Crippen molar-refractivity contribution in [2.75, 3.05) is 13.1 Å². The number of aliphatic hydroxyl groups is 1. The van der Waals surface area contributed by atoms with Crippen LogP contribution in [-0.4, -0.2) is 42.8 Å². The van der Waals surface area contributed by atoms with Gasteiger partial charge in [0.05, 0.1) is 22.5 Å². The fraction of sp³-hybridized carbons (Fsp3) is 0.353. The number of rotatable bonds is 6. The molecule has 3 rings (SSSR count). The summed E-state index contributed by atoms with van der Waals surface area (Å²) in [6, 6.07) is 5.92. The van der Waals surface area contributed by atoms with Crippen molar-refractivity contribution in [3.8, 4) is 16.5 Å². The number of nitrogens with zero attached hydrogens (tertiary/aromatic N) is 5. The fourth-order valence-electron chi connectivity index (χ4n) is 2.66. The van der Waals surface area contributed by atoms with Gasteiger partial charge in [-0.15, -0.1) is 11.3 Å². The summed E-state index contributed by atoms with van der Waals surface area (Å²) in [6.07, 6.45) is 2.76. The van der Waals surface area contributed by atoms with Crippen molar-refractivity contribution in [3.05, 3.63) is 47.2 Å². The van der Waals surface area contributed by atoms with Crippen LogP contribution in [0.25, 0.3) is 16.5 Å². The molecule has 3 heterocycles. The number of thiophene rings is 1. The molecule has 0 aromatic carbocycles.